The largest absolute Gasteiger partial charge is 0.461 e. The Morgan fingerprint density at radius 2 is 1.96 bits per heavy atom. The summed E-state index contributed by atoms with van der Waals surface area (Å²) in [5, 5.41) is 18.6. The van der Waals surface area contributed by atoms with E-state index in [1.165, 1.54) is 0 Å². The monoisotopic (exact) mass is 372 g/mol. The molecule has 0 radical (unpaired) electrons. The first-order valence-electron chi connectivity index (χ1n) is 8.43. The van der Waals surface area contributed by atoms with E-state index in [4.69, 9.17) is 9.68 Å². The van der Waals surface area contributed by atoms with E-state index in [9.17, 15) is 0 Å². The Kier molecular flexibility index (Phi) is 4.77. The molecule has 4 rings (SSSR count). The smallest absolute Gasteiger partial charge is 0.205 e. The molecule has 2 aromatic heterocycles. The summed E-state index contributed by atoms with van der Waals surface area (Å²) >= 11 is 1.58. The van der Waals surface area contributed by atoms with Crippen LogP contribution in [0.3, 0.4) is 0 Å². The number of rotatable bonds is 5. The summed E-state index contributed by atoms with van der Waals surface area (Å²) in [5.74, 6) is 2.03. The van der Waals surface area contributed by atoms with Crippen molar-refractivity contribution in [3.63, 3.8) is 0 Å². The van der Waals surface area contributed by atoms with E-state index in [-0.39, 0.29) is 0 Å². The molecule has 0 aliphatic rings. The van der Waals surface area contributed by atoms with Gasteiger partial charge in [-0.05, 0) is 54.4 Å². The van der Waals surface area contributed by atoms with Crippen LogP contribution in [0.1, 0.15) is 16.7 Å². The highest BCUT2D eigenvalue weighted by atomic mass is 32.2. The maximum absolute atomic E-state index is 9.08. The summed E-state index contributed by atoms with van der Waals surface area (Å²) < 4.78 is 7.55. The van der Waals surface area contributed by atoms with Crippen LogP contribution < -0.4 is 0 Å². The van der Waals surface area contributed by atoms with Crippen LogP contribution in [0.15, 0.2) is 76.5 Å². The van der Waals surface area contributed by atoms with Crippen LogP contribution in [-0.4, -0.2) is 14.8 Å². The number of nitrogens with zero attached hydrogens (tertiary/aromatic N) is 4. The Morgan fingerprint density at radius 3 is 2.74 bits per heavy atom. The molecule has 4 aromatic rings. The summed E-state index contributed by atoms with van der Waals surface area (Å²) in [5.41, 5.74) is 3.87. The van der Waals surface area contributed by atoms with Gasteiger partial charge in [-0.15, -0.1) is 10.2 Å². The highest BCUT2D eigenvalue weighted by Gasteiger charge is 2.18. The van der Waals surface area contributed by atoms with Crippen molar-refractivity contribution in [2.45, 2.75) is 17.8 Å². The summed E-state index contributed by atoms with van der Waals surface area (Å²) in [6.07, 6.45) is 1.63. The first-order valence-corrected chi connectivity index (χ1v) is 9.41. The minimum atomic E-state index is 0.657. The number of hydrogen-bond donors (Lipinski definition) is 0. The maximum atomic E-state index is 9.08. The van der Waals surface area contributed by atoms with Crippen molar-refractivity contribution < 1.29 is 4.42 Å². The zero-order valence-electron chi connectivity index (χ0n) is 14.7. The quantitative estimate of drug-likeness (QED) is 0.461. The average Bonchev–Trinajstić information content (AvgIpc) is 3.36. The molecule has 0 spiro atoms. The van der Waals surface area contributed by atoms with Gasteiger partial charge in [0.05, 0.1) is 23.6 Å². The third kappa shape index (κ3) is 3.64. The Bertz CT molecular complexity index is 1110. The molecule has 0 aliphatic carbocycles. The van der Waals surface area contributed by atoms with Gasteiger partial charge in [-0.2, -0.15) is 5.26 Å². The molecule has 0 N–H and O–H groups in total. The lowest BCUT2D eigenvalue weighted by Gasteiger charge is -2.10. The van der Waals surface area contributed by atoms with Crippen LogP contribution in [0.5, 0.6) is 0 Å². The van der Waals surface area contributed by atoms with Gasteiger partial charge in [0.25, 0.3) is 0 Å². The van der Waals surface area contributed by atoms with Crippen molar-refractivity contribution in [1.82, 2.24) is 14.8 Å². The van der Waals surface area contributed by atoms with Gasteiger partial charge in [0.2, 0.25) is 5.82 Å². The Morgan fingerprint density at radius 1 is 1.07 bits per heavy atom. The van der Waals surface area contributed by atoms with E-state index in [0.717, 1.165) is 22.0 Å². The molecule has 0 saturated carbocycles. The van der Waals surface area contributed by atoms with Crippen LogP contribution in [0.2, 0.25) is 0 Å². The fourth-order valence-corrected chi connectivity index (χ4v) is 3.70. The second-order valence-corrected chi connectivity index (χ2v) is 7.00. The van der Waals surface area contributed by atoms with Gasteiger partial charge in [-0.3, -0.25) is 4.57 Å². The lowest BCUT2D eigenvalue weighted by Crippen LogP contribution is -1.99. The van der Waals surface area contributed by atoms with Gasteiger partial charge in [0.1, 0.15) is 0 Å². The third-order valence-electron chi connectivity index (χ3n) is 4.06. The number of furan rings is 1. The minimum Gasteiger partial charge on any atom is -0.461 e. The second-order valence-electron chi connectivity index (χ2n) is 6.06. The SMILES string of the molecule is Cc1cccc(-n2c(SCc3cccc(C#N)c3)nnc2-c2ccco2)c1. The molecular weight excluding hydrogens is 356 g/mol. The highest BCUT2D eigenvalue weighted by molar-refractivity contribution is 7.98. The Balaban J connectivity index is 1.71. The number of aryl methyl sites for hydroxylation is 1. The molecular formula is C21H16N4OS. The third-order valence-corrected chi connectivity index (χ3v) is 5.06. The fraction of sp³-hybridized carbons (Fsp3) is 0.0952. The highest BCUT2D eigenvalue weighted by Crippen LogP contribution is 2.30. The van der Waals surface area contributed by atoms with Crippen molar-refractivity contribution in [3.05, 3.63) is 83.6 Å². The predicted octanol–water partition coefficient (Wildman–Crippen LogP) is 5.00. The van der Waals surface area contributed by atoms with Gasteiger partial charge in [0.15, 0.2) is 10.9 Å². The normalized spacial score (nSPS) is 10.7. The lowest BCUT2D eigenvalue weighted by atomic mass is 10.2. The molecule has 0 atom stereocenters. The van der Waals surface area contributed by atoms with Crippen LogP contribution >= 0.6 is 11.8 Å². The number of aromatic nitrogens is 3. The molecule has 5 nitrogen and oxygen atoms in total. The van der Waals surface area contributed by atoms with E-state index in [1.54, 1.807) is 24.1 Å². The standard InChI is InChI=1S/C21H16N4OS/c1-15-5-2-8-18(11-15)25-20(19-9-4-10-26-19)23-24-21(25)27-14-17-7-3-6-16(12-17)13-22/h2-12H,14H2,1H3. The van der Waals surface area contributed by atoms with Crippen molar-refractivity contribution in [2.24, 2.45) is 0 Å². The topological polar surface area (TPSA) is 67.6 Å². The summed E-state index contributed by atoms with van der Waals surface area (Å²) in [4.78, 5) is 0. The van der Waals surface area contributed by atoms with Crippen LogP contribution in [0.4, 0.5) is 0 Å². The molecule has 2 heterocycles. The molecule has 132 valence electrons. The van der Waals surface area contributed by atoms with Gasteiger partial charge < -0.3 is 4.42 Å². The zero-order chi connectivity index (χ0) is 18.6. The predicted molar refractivity (Wildman–Crippen MR) is 105 cm³/mol. The van der Waals surface area contributed by atoms with Crippen LogP contribution in [-0.2, 0) is 5.75 Å². The minimum absolute atomic E-state index is 0.657. The molecule has 0 bridgehead atoms. The number of benzene rings is 2. The number of hydrogen-bond acceptors (Lipinski definition) is 5. The summed E-state index contributed by atoms with van der Waals surface area (Å²) in [7, 11) is 0. The maximum Gasteiger partial charge on any atom is 0.205 e. The molecule has 0 unspecified atom stereocenters. The zero-order valence-corrected chi connectivity index (χ0v) is 15.5. The first-order chi connectivity index (χ1) is 13.2. The van der Waals surface area contributed by atoms with Gasteiger partial charge in [0, 0.05) is 5.75 Å². The van der Waals surface area contributed by atoms with E-state index >= 15 is 0 Å². The fourth-order valence-electron chi connectivity index (χ4n) is 2.81. The van der Waals surface area contributed by atoms with Crippen molar-refractivity contribution in [1.29, 1.82) is 5.26 Å². The van der Waals surface area contributed by atoms with Gasteiger partial charge >= 0.3 is 0 Å². The Hall–Kier alpha value is -3.30. The van der Waals surface area contributed by atoms with E-state index in [0.29, 0.717) is 22.9 Å². The van der Waals surface area contributed by atoms with Crippen molar-refractivity contribution in [3.8, 4) is 23.3 Å². The van der Waals surface area contributed by atoms with Crippen LogP contribution in [0.25, 0.3) is 17.3 Å². The molecule has 0 aliphatic heterocycles. The molecule has 0 saturated heterocycles. The van der Waals surface area contributed by atoms with Crippen molar-refractivity contribution in [2.75, 3.05) is 0 Å². The van der Waals surface area contributed by atoms with Crippen molar-refractivity contribution >= 4 is 11.8 Å². The number of thioether (sulfide) groups is 1. The molecule has 0 fully saturated rings. The van der Waals surface area contributed by atoms with Crippen LogP contribution in [0, 0.1) is 18.3 Å². The molecule has 27 heavy (non-hydrogen) atoms. The second kappa shape index (κ2) is 7.52. The van der Waals surface area contributed by atoms with Gasteiger partial charge in [-0.1, -0.05) is 36.0 Å². The molecule has 0 amide bonds. The number of nitriles is 1. The van der Waals surface area contributed by atoms with E-state index in [1.807, 2.05) is 47.0 Å². The van der Waals surface area contributed by atoms with Gasteiger partial charge in [-0.25, -0.2) is 0 Å². The summed E-state index contributed by atoms with van der Waals surface area (Å²) in [6, 6.07) is 21.7. The first kappa shape index (κ1) is 17.1. The molecule has 2 aromatic carbocycles. The van der Waals surface area contributed by atoms with E-state index < -0.39 is 0 Å². The Labute approximate surface area is 161 Å². The lowest BCUT2D eigenvalue weighted by molar-refractivity contribution is 0.575. The summed E-state index contributed by atoms with van der Waals surface area (Å²) in [6.45, 7) is 2.06. The van der Waals surface area contributed by atoms with E-state index in [2.05, 4.69) is 35.3 Å². The molecule has 6 heteroatoms. The average molecular weight is 372 g/mol.